The number of rotatable bonds is 5. The summed E-state index contributed by atoms with van der Waals surface area (Å²) in [4.78, 5) is 14.2. The lowest BCUT2D eigenvalue weighted by molar-refractivity contribution is -0.117. The van der Waals surface area contributed by atoms with Gasteiger partial charge in [-0.25, -0.2) is 0 Å². The molecule has 0 bridgehead atoms. The number of piperazine rings is 1. The van der Waals surface area contributed by atoms with Crippen molar-refractivity contribution in [3.8, 4) is 11.5 Å². The zero-order valence-corrected chi connectivity index (χ0v) is 11.9. The molecule has 1 heterocycles. The van der Waals surface area contributed by atoms with Crippen molar-refractivity contribution in [1.29, 1.82) is 0 Å². The number of carbonyl (C=O) groups is 1. The summed E-state index contributed by atoms with van der Waals surface area (Å²) in [6, 6.07) is 5.42. The van der Waals surface area contributed by atoms with E-state index in [0.29, 0.717) is 23.7 Å². The van der Waals surface area contributed by atoms with E-state index < -0.39 is 0 Å². The monoisotopic (exact) mass is 279 g/mol. The molecule has 0 aliphatic carbocycles. The molecule has 0 saturated carbocycles. The molecule has 0 atom stereocenters. The van der Waals surface area contributed by atoms with E-state index in [1.807, 2.05) is 6.07 Å². The Morgan fingerprint density at radius 2 is 2.05 bits per heavy atom. The van der Waals surface area contributed by atoms with Crippen molar-refractivity contribution in [2.24, 2.45) is 0 Å². The van der Waals surface area contributed by atoms with Gasteiger partial charge in [0.15, 0.2) is 11.5 Å². The van der Waals surface area contributed by atoms with Gasteiger partial charge >= 0.3 is 0 Å². The summed E-state index contributed by atoms with van der Waals surface area (Å²) in [5.74, 6) is 1.11. The van der Waals surface area contributed by atoms with E-state index in [-0.39, 0.29) is 5.91 Å². The molecule has 2 rings (SSSR count). The van der Waals surface area contributed by atoms with Crippen molar-refractivity contribution in [3.63, 3.8) is 0 Å². The minimum absolute atomic E-state index is 0.0431. The third-order valence-electron chi connectivity index (χ3n) is 3.25. The minimum atomic E-state index is -0.0431. The first kappa shape index (κ1) is 14.6. The molecule has 0 radical (unpaired) electrons. The number of hydrogen-bond donors (Lipinski definition) is 2. The maximum Gasteiger partial charge on any atom is 0.238 e. The van der Waals surface area contributed by atoms with Crippen LogP contribution in [-0.4, -0.2) is 57.8 Å². The summed E-state index contributed by atoms with van der Waals surface area (Å²) in [7, 11) is 3.13. The van der Waals surface area contributed by atoms with Crippen molar-refractivity contribution < 1.29 is 14.3 Å². The number of para-hydroxylation sites is 1. The fourth-order valence-corrected chi connectivity index (χ4v) is 2.25. The van der Waals surface area contributed by atoms with Gasteiger partial charge in [-0.3, -0.25) is 9.69 Å². The molecule has 6 nitrogen and oxygen atoms in total. The van der Waals surface area contributed by atoms with Gasteiger partial charge in [-0.1, -0.05) is 6.07 Å². The topological polar surface area (TPSA) is 62.8 Å². The van der Waals surface area contributed by atoms with Gasteiger partial charge in [0.25, 0.3) is 0 Å². The van der Waals surface area contributed by atoms with Gasteiger partial charge in [-0.2, -0.15) is 0 Å². The van der Waals surface area contributed by atoms with Crippen molar-refractivity contribution in [3.05, 3.63) is 18.2 Å². The highest BCUT2D eigenvalue weighted by atomic mass is 16.5. The second kappa shape index (κ2) is 7.12. The Morgan fingerprint density at radius 3 is 2.70 bits per heavy atom. The number of anilines is 1. The zero-order valence-electron chi connectivity index (χ0n) is 11.9. The Kier molecular flexibility index (Phi) is 5.20. The van der Waals surface area contributed by atoms with Crippen LogP contribution in [0.25, 0.3) is 0 Å². The first-order chi connectivity index (χ1) is 9.74. The quantitative estimate of drug-likeness (QED) is 0.824. The fraction of sp³-hybridized carbons (Fsp3) is 0.500. The second-order valence-electron chi connectivity index (χ2n) is 4.62. The molecule has 1 aliphatic rings. The Bertz CT molecular complexity index is 459. The van der Waals surface area contributed by atoms with Crippen LogP contribution in [0.2, 0.25) is 0 Å². The smallest absolute Gasteiger partial charge is 0.238 e. The van der Waals surface area contributed by atoms with E-state index >= 15 is 0 Å². The van der Waals surface area contributed by atoms with Crippen LogP contribution < -0.4 is 20.1 Å². The molecule has 2 N–H and O–H groups in total. The maximum atomic E-state index is 12.1. The molecule has 1 fully saturated rings. The van der Waals surface area contributed by atoms with E-state index in [1.165, 1.54) is 0 Å². The number of benzene rings is 1. The summed E-state index contributed by atoms with van der Waals surface area (Å²) < 4.78 is 10.5. The second-order valence-corrected chi connectivity index (χ2v) is 4.62. The normalized spacial score (nSPS) is 15.7. The lowest BCUT2D eigenvalue weighted by Gasteiger charge is -2.26. The largest absolute Gasteiger partial charge is 0.493 e. The number of ether oxygens (including phenoxy) is 2. The van der Waals surface area contributed by atoms with Crippen LogP contribution in [0.4, 0.5) is 5.69 Å². The van der Waals surface area contributed by atoms with Gasteiger partial charge in [0.1, 0.15) is 0 Å². The first-order valence-corrected chi connectivity index (χ1v) is 6.68. The molecule has 1 aromatic carbocycles. The number of carbonyl (C=O) groups excluding carboxylic acids is 1. The fourth-order valence-electron chi connectivity index (χ4n) is 2.25. The third-order valence-corrected chi connectivity index (χ3v) is 3.25. The number of nitrogens with one attached hydrogen (secondary N) is 2. The molecular formula is C14H21N3O3. The average Bonchev–Trinajstić information content (AvgIpc) is 2.47. The molecule has 0 unspecified atom stereocenters. The highest BCUT2D eigenvalue weighted by Crippen LogP contribution is 2.34. The van der Waals surface area contributed by atoms with Crippen molar-refractivity contribution in [2.75, 3.05) is 52.3 Å². The lowest BCUT2D eigenvalue weighted by atomic mass is 10.2. The van der Waals surface area contributed by atoms with Gasteiger partial charge in [0.05, 0.1) is 26.5 Å². The van der Waals surface area contributed by atoms with E-state index in [0.717, 1.165) is 26.2 Å². The number of hydrogen-bond acceptors (Lipinski definition) is 5. The van der Waals surface area contributed by atoms with Crippen molar-refractivity contribution >= 4 is 11.6 Å². The van der Waals surface area contributed by atoms with Crippen molar-refractivity contribution in [2.45, 2.75) is 0 Å². The van der Waals surface area contributed by atoms with Crippen LogP contribution in [0.3, 0.4) is 0 Å². The molecule has 1 aromatic rings. The molecule has 1 aliphatic heterocycles. The zero-order chi connectivity index (χ0) is 14.4. The Morgan fingerprint density at radius 1 is 1.30 bits per heavy atom. The summed E-state index contributed by atoms with van der Waals surface area (Å²) in [6.07, 6.45) is 0. The summed E-state index contributed by atoms with van der Waals surface area (Å²) in [6.45, 7) is 4.03. The van der Waals surface area contributed by atoms with E-state index in [4.69, 9.17) is 9.47 Å². The predicted octanol–water partition coefficient (Wildman–Crippen LogP) is 0.547. The van der Waals surface area contributed by atoms with E-state index in [1.54, 1.807) is 26.4 Å². The predicted molar refractivity (Wildman–Crippen MR) is 77.5 cm³/mol. The van der Waals surface area contributed by atoms with Crippen LogP contribution >= 0.6 is 0 Å². The van der Waals surface area contributed by atoms with Gasteiger partial charge < -0.3 is 20.1 Å². The van der Waals surface area contributed by atoms with E-state index in [9.17, 15) is 4.79 Å². The molecular weight excluding hydrogens is 258 g/mol. The van der Waals surface area contributed by atoms with E-state index in [2.05, 4.69) is 15.5 Å². The molecule has 1 amide bonds. The van der Waals surface area contributed by atoms with Crippen LogP contribution in [0.5, 0.6) is 11.5 Å². The summed E-state index contributed by atoms with van der Waals surface area (Å²) in [5.41, 5.74) is 0.631. The highest BCUT2D eigenvalue weighted by Gasteiger charge is 2.16. The molecule has 20 heavy (non-hydrogen) atoms. The highest BCUT2D eigenvalue weighted by molar-refractivity contribution is 5.94. The lowest BCUT2D eigenvalue weighted by Crippen LogP contribution is -2.46. The van der Waals surface area contributed by atoms with Gasteiger partial charge in [0.2, 0.25) is 5.91 Å². The van der Waals surface area contributed by atoms with Crippen LogP contribution in [0.15, 0.2) is 18.2 Å². The number of methoxy groups -OCH3 is 2. The standard InChI is InChI=1S/C14H21N3O3/c1-19-12-5-3-4-11(14(12)20-2)16-13(18)10-17-8-6-15-7-9-17/h3-5,15H,6-10H2,1-2H3,(H,16,18). The molecule has 6 heteroatoms. The van der Waals surface area contributed by atoms with Gasteiger partial charge in [-0.05, 0) is 12.1 Å². The summed E-state index contributed by atoms with van der Waals surface area (Å²) in [5, 5.41) is 6.14. The molecule has 0 aromatic heterocycles. The molecule has 110 valence electrons. The average molecular weight is 279 g/mol. The van der Waals surface area contributed by atoms with Crippen molar-refractivity contribution in [1.82, 2.24) is 10.2 Å². The van der Waals surface area contributed by atoms with Crippen LogP contribution in [0.1, 0.15) is 0 Å². The number of amides is 1. The molecule has 0 spiro atoms. The summed E-state index contributed by atoms with van der Waals surface area (Å²) >= 11 is 0. The van der Waals surface area contributed by atoms with Crippen LogP contribution in [0, 0.1) is 0 Å². The van der Waals surface area contributed by atoms with Crippen LogP contribution in [-0.2, 0) is 4.79 Å². The SMILES string of the molecule is COc1cccc(NC(=O)CN2CCNCC2)c1OC. The maximum absolute atomic E-state index is 12.1. The Labute approximate surface area is 119 Å². The van der Waals surface area contributed by atoms with Gasteiger partial charge in [-0.15, -0.1) is 0 Å². The first-order valence-electron chi connectivity index (χ1n) is 6.68. The van der Waals surface area contributed by atoms with Gasteiger partial charge in [0, 0.05) is 26.2 Å². The third kappa shape index (κ3) is 3.61. The Hall–Kier alpha value is -1.79. The number of nitrogens with zero attached hydrogens (tertiary/aromatic N) is 1. The minimum Gasteiger partial charge on any atom is -0.493 e. The molecule has 1 saturated heterocycles. The Balaban J connectivity index is 1.99.